The first kappa shape index (κ1) is 26.0. The number of aryl methyl sites for hydroxylation is 2. The summed E-state index contributed by atoms with van der Waals surface area (Å²) in [6.07, 6.45) is 3.06. The van der Waals surface area contributed by atoms with E-state index in [-0.39, 0.29) is 18.4 Å². The van der Waals surface area contributed by atoms with Crippen molar-refractivity contribution in [2.45, 2.75) is 66.7 Å². The maximum absolute atomic E-state index is 12.2. The van der Waals surface area contributed by atoms with Crippen LogP contribution < -0.4 is 4.74 Å². The molecule has 0 amide bonds. The van der Waals surface area contributed by atoms with Gasteiger partial charge in [-0.25, -0.2) is 4.79 Å². The summed E-state index contributed by atoms with van der Waals surface area (Å²) in [5, 5.41) is 1.10. The normalized spacial score (nSPS) is 12.5. The van der Waals surface area contributed by atoms with Crippen molar-refractivity contribution in [3.63, 3.8) is 0 Å². The van der Waals surface area contributed by atoms with Crippen LogP contribution in [0.25, 0.3) is 10.1 Å². The van der Waals surface area contributed by atoms with Crippen molar-refractivity contribution < 1.29 is 19.1 Å². The summed E-state index contributed by atoms with van der Waals surface area (Å²) in [4.78, 5) is 24.9. The molecule has 5 heteroatoms. The lowest BCUT2D eigenvalue weighted by Crippen LogP contribution is -2.26. The summed E-state index contributed by atoms with van der Waals surface area (Å²) in [6, 6.07) is 14.7. The molecular weight excluding hydrogens is 444 g/mol. The Morgan fingerprint density at radius 1 is 1.03 bits per heavy atom. The second-order valence-corrected chi connectivity index (χ2v) is 10.9. The van der Waals surface area contributed by atoms with Crippen LogP contribution in [0.2, 0.25) is 0 Å². The van der Waals surface area contributed by atoms with Crippen LogP contribution >= 0.6 is 11.3 Å². The Kier molecular flexibility index (Phi) is 8.53. The molecule has 0 aliphatic heterocycles. The second kappa shape index (κ2) is 11.2. The van der Waals surface area contributed by atoms with Crippen LogP contribution in [-0.4, -0.2) is 25.0 Å². The lowest BCUT2D eigenvalue weighted by Gasteiger charge is -2.19. The number of fused-ring (bicyclic) bond motifs is 1. The Hall–Kier alpha value is -2.66. The molecule has 34 heavy (non-hydrogen) atoms. The minimum atomic E-state index is -0.395. The molecule has 2 aromatic carbocycles. The maximum atomic E-state index is 12.2. The molecule has 0 aliphatic carbocycles. The fourth-order valence-electron chi connectivity index (χ4n) is 3.95. The maximum Gasteiger partial charge on any atom is 0.348 e. The van der Waals surface area contributed by atoms with Gasteiger partial charge in [0.25, 0.3) is 0 Å². The first-order chi connectivity index (χ1) is 16.1. The molecular formula is C29H36O4S. The molecule has 0 aliphatic rings. The minimum Gasteiger partial charge on any atom is -0.486 e. The van der Waals surface area contributed by atoms with Crippen LogP contribution in [-0.2, 0) is 16.0 Å². The lowest BCUT2D eigenvalue weighted by molar-refractivity contribution is -0.128. The summed E-state index contributed by atoms with van der Waals surface area (Å²) in [5.41, 5.74) is 3.24. The number of esters is 1. The highest BCUT2D eigenvalue weighted by atomic mass is 32.1. The van der Waals surface area contributed by atoms with Crippen molar-refractivity contribution in [3.05, 3.63) is 64.0 Å². The molecule has 182 valence electrons. The third-order valence-electron chi connectivity index (χ3n) is 6.20. The van der Waals surface area contributed by atoms with Gasteiger partial charge in [0.2, 0.25) is 0 Å². The molecule has 1 heterocycles. The van der Waals surface area contributed by atoms with Gasteiger partial charge in [-0.2, -0.15) is 0 Å². The van der Waals surface area contributed by atoms with Gasteiger partial charge in [-0.3, -0.25) is 4.79 Å². The van der Waals surface area contributed by atoms with Crippen molar-refractivity contribution in [2.24, 2.45) is 5.41 Å². The van der Waals surface area contributed by atoms with E-state index in [0.29, 0.717) is 17.4 Å². The zero-order chi connectivity index (χ0) is 24.9. The Morgan fingerprint density at radius 3 is 2.44 bits per heavy atom. The van der Waals surface area contributed by atoms with E-state index in [9.17, 15) is 9.59 Å². The fraction of sp³-hybridized carbons (Fsp3) is 0.448. The van der Waals surface area contributed by atoms with Gasteiger partial charge in [-0.05, 0) is 79.3 Å². The van der Waals surface area contributed by atoms with Gasteiger partial charge < -0.3 is 9.47 Å². The topological polar surface area (TPSA) is 52.6 Å². The quantitative estimate of drug-likeness (QED) is 0.282. The standard InChI is InChI=1S/C29H36O4S/c1-7-21(22-12-13-24(19(3)15-22)33-18-27(30)29(4,5)6)11-9-20-10-14-25-23(16-20)17-26(34-25)28(31)32-8-2/h10,12-17,21H,7-9,11,18H2,1-6H3. The van der Waals surface area contributed by atoms with Gasteiger partial charge in [0, 0.05) is 10.1 Å². The van der Waals surface area contributed by atoms with E-state index < -0.39 is 5.41 Å². The first-order valence-corrected chi connectivity index (χ1v) is 12.9. The van der Waals surface area contributed by atoms with Gasteiger partial charge in [-0.15, -0.1) is 11.3 Å². The number of ketones is 1. The van der Waals surface area contributed by atoms with E-state index in [1.807, 2.05) is 46.8 Å². The summed E-state index contributed by atoms with van der Waals surface area (Å²) < 4.78 is 12.1. The molecule has 3 rings (SSSR count). The molecule has 0 bridgehead atoms. The van der Waals surface area contributed by atoms with Crippen molar-refractivity contribution in [3.8, 4) is 5.75 Å². The third kappa shape index (κ3) is 6.47. The number of carbonyl (C=O) groups excluding carboxylic acids is 2. The zero-order valence-corrected chi connectivity index (χ0v) is 22.0. The van der Waals surface area contributed by atoms with E-state index in [4.69, 9.17) is 9.47 Å². The number of benzene rings is 2. The highest BCUT2D eigenvalue weighted by Gasteiger charge is 2.22. The SMILES string of the molecule is CCOC(=O)c1cc2cc(CCC(CC)c3ccc(OCC(=O)C(C)(C)C)c(C)c3)ccc2s1. The molecule has 3 aromatic rings. The number of Topliss-reactive ketones (excluding diaryl/α,β-unsaturated/α-hetero) is 1. The largest absolute Gasteiger partial charge is 0.486 e. The monoisotopic (exact) mass is 480 g/mol. The predicted molar refractivity (Wildman–Crippen MR) is 140 cm³/mol. The average Bonchev–Trinajstić information content (AvgIpc) is 3.22. The molecule has 0 saturated heterocycles. The number of rotatable bonds is 10. The number of thiophene rings is 1. The minimum absolute atomic E-state index is 0.0966. The van der Waals surface area contributed by atoms with Crippen LogP contribution in [0.4, 0.5) is 0 Å². The zero-order valence-electron chi connectivity index (χ0n) is 21.2. The molecule has 4 nitrogen and oxygen atoms in total. The van der Waals surface area contributed by atoms with Crippen molar-refractivity contribution >= 4 is 33.2 Å². The second-order valence-electron chi connectivity index (χ2n) is 9.83. The molecule has 0 fully saturated rings. The molecule has 0 spiro atoms. The molecule has 1 unspecified atom stereocenters. The summed E-state index contributed by atoms with van der Waals surface area (Å²) in [6.45, 7) is 12.3. The molecule has 1 atom stereocenters. The first-order valence-electron chi connectivity index (χ1n) is 12.1. The highest BCUT2D eigenvalue weighted by Crippen LogP contribution is 2.31. The highest BCUT2D eigenvalue weighted by molar-refractivity contribution is 7.20. The van der Waals surface area contributed by atoms with E-state index in [1.54, 1.807) is 0 Å². The van der Waals surface area contributed by atoms with Crippen LogP contribution in [0.3, 0.4) is 0 Å². The Balaban J connectivity index is 1.65. The van der Waals surface area contributed by atoms with Gasteiger partial charge in [0.15, 0.2) is 5.78 Å². The van der Waals surface area contributed by atoms with Crippen molar-refractivity contribution in [2.75, 3.05) is 13.2 Å². The number of hydrogen-bond donors (Lipinski definition) is 0. The van der Waals surface area contributed by atoms with Crippen LogP contribution in [0.15, 0.2) is 42.5 Å². The smallest absolute Gasteiger partial charge is 0.348 e. The summed E-state index contributed by atoms with van der Waals surface area (Å²) >= 11 is 1.48. The van der Waals surface area contributed by atoms with Crippen LogP contribution in [0.1, 0.15) is 79.7 Å². The molecule has 0 radical (unpaired) electrons. The number of hydrogen-bond acceptors (Lipinski definition) is 5. The molecule has 0 N–H and O–H groups in total. The average molecular weight is 481 g/mol. The number of ether oxygens (including phenoxy) is 2. The van der Waals surface area contributed by atoms with E-state index in [1.165, 1.54) is 22.5 Å². The summed E-state index contributed by atoms with van der Waals surface area (Å²) in [5.74, 6) is 1.06. The van der Waals surface area contributed by atoms with Crippen LogP contribution in [0, 0.1) is 12.3 Å². The Labute approximate surface area is 207 Å². The Bertz CT molecular complexity index is 1150. The third-order valence-corrected chi connectivity index (χ3v) is 7.29. The van der Waals surface area contributed by atoms with Crippen molar-refractivity contribution in [1.29, 1.82) is 0 Å². The van der Waals surface area contributed by atoms with E-state index in [2.05, 4.69) is 37.3 Å². The van der Waals surface area contributed by atoms with Crippen molar-refractivity contribution in [1.82, 2.24) is 0 Å². The summed E-state index contributed by atoms with van der Waals surface area (Å²) in [7, 11) is 0. The van der Waals surface area contributed by atoms with Gasteiger partial charge in [0.05, 0.1) is 6.61 Å². The van der Waals surface area contributed by atoms with Gasteiger partial charge in [-0.1, -0.05) is 52.0 Å². The molecule has 1 aromatic heterocycles. The van der Waals surface area contributed by atoms with Gasteiger partial charge >= 0.3 is 5.97 Å². The lowest BCUT2D eigenvalue weighted by atomic mass is 9.89. The van der Waals surface area contributed by atoms with E-state index >= 15 is 0 Å². The van der Waals surface area contributed by atoms with E-state index in [0.717, 1.165) is 40.7 Å². The Morgan fingerprint density at radius 2 is 1.79 bits per heavy atom. The predicted octanol–water partition coefficient (Wildman–Crippen LogP) is 7.51. The van der Waals surface area contributed by atoms with Crippen LogP contribution in [0.5, 0.6) is 5.75 Å². The van der Waals surface area contributed by atoms with Gasteiger partial charge in [0.1, 0.15) is 17.2 Å². The fourth-order valence-corrected chi connectivity index (χ4v) is 4.88. The number of carbonyl (C=O) groups is 2. The molecule has 0 saturated carbocycles.